The van der Waals surface area contributed by atoms with Crippen LogP contribution in [0.2, 0.25) is 0 Å². The van der Waals surface area contributed by atoms with Gasteiger partial charge in [0.15, 0.2) is 0 Å². The van der Waals surface area contributed by atoms with E-state index < -0.39 is 0 Å². The van der Waals surface area contributed by atoms with Crippen LogP contribution in [0.5, 0.6) is 0 Å². The van der Waals surface area contributed by atoms with Crippen molar-refractivity contribution < 1.29 is 4.79 Å². The van der Waals surface area contributed by atoms with Crippen LogP contribution in [0.15, 0.2) is 12.3 Å². The van der Waals surface area contributed by atoms with Crippen LogP contribution in [0, 0.1) is 12.8 Å². The molecule has 1 aromatic rings. The van der Waals surface area contributed by atoms with E-state index in [0.29, 0.717) is 18.7 Å². The van der Waals surface area contributed by atoms with Gasteiger partial charge in [0.1, 0.15) is 5.78 Å². The molecule has 0 fully saturated rings. The first-order valence-corrected chi connectivity index (χ1v) is 4.62. The second-order valence-corrected chi connectivity index (χ2v) is 3.59. The van der Waals surface area contributed by atoms with E-state index in [9.17, 15) is 4.79 Å². The first-order chi connectivity index (χ1) is 6.09. The predicted molar refractivity (Wildman–Crippen MR) is 51.4 cm³/mol. The molecule has 0 bridgehead atoms. The van der Waals surface area contributed by atoms with Crippen LogP contribution in [-0.2, 0) is 11.3 Å². The van der Waals surface area contributed by atoms with Crippen molar-refractivity contribution in [3.05, 3.63) is 18.0 Å². The first kappa shape index (κ1) is 9.96. The third-order valence-electron chi connectivity index (χ3n) is 2.01. The van der Waals surface area contributed by atoms with E-state index in [1.807, 2.05) is 37.7 Å². The molecule has 0 saturated carbocycles. The van der Waals surface area contributed by atoms with E-state index in [4.69, 9.17) is 0 Å². The molecule has 0 aliphatic heterocycles. The number of hydrogen-bond acceptors (Lipinski definition) is 2. The standard InChI is InChI=1S/C10H16N2O/c1-8(2)10(13)5-7-12-6-4-9(3)11-12/h4,6,8H,5,7H2,1-3H3. The molecule has 0 saturated heterocycles. The van der Waals surface area contributed by atoms with Crippen molar-refractivity contribution in [3.63, 3.8) is 0 Å². The Labute approximate surface area is 78.8 Å². The largest absolute Gasteiger partial charge is 0.299 e. The summed E-state index contributed by atoms with van der Waals surface area (Å²) in [7, 11) is 0. The van der Waals surface area contributed by atoms with Crippen molar-refractivity contribution in [2.45, 2.75) is 33.7 Å². The molecule has 0 spiro atoms. The van der Waals surface area contributed by atoms with Crippen molar-refractivity contribution >= 4 is 5.78 Å². The van der Waals surface area contributed by atoms with Crippen LogP contribution in [-0.4, -0.2) is 15.6 Å². The van der Waals surface area contributed by atoms with E-state index in [2.05, 4.69) is 5.10 Å². The van der Waals surface area contributed by atoms with Gasteiger partial charge in [0.05, 0.1) is 5.69 Å². The minimum Gasteiger partial charge on any atom is -0.299 e. The Kier molecular flexibility index (Phi) is 3.23. The van der Waals surface area contributed by atoms with Gasteiger partial charge in [-0.2, -0.15) is 5.10 Å². The fourth-order valence-corrected chi connectivity index (χ4v) is 1.10. The van der Waals surface area contributed by atoms with Gasteiger partial charge in [0, 0.05) is 25.1 Å². The predicted octanol–water partition coefficient (Wildman–Crippen LogP) is 1.81. The van der Waals surface area contributed by atoms with Gasteiger partial charge in [-0.15, -0.1) is 0 Å². The van der Waals surface area contributed by atoms with Crippen LogP contribution < -0.4 is 0 Å². The van der Waals surface area contributed by atoms with Crippen LogP contribution >= 0.6 is 0 Å². The molecule has 0 aliphatic carbocycles. The lowest BCUT2D eigenvalue weighted by molar-refractivity contribution is -0.122. The average molecular weight is 180 g/mol. The monoisotopic (exact) mass is 180 g/mol. The molecule has 0 atom stereocenters. The molecule has 0 aromatic carbocycles. The van der Waals surface area contributed by atoms with E-state index in [1.165, 1.54) is 0 Å². The van der Waals surface area contributed by atoms with E-state index >= 15 is 0 Å². The number of hydrogen-bond donors (Lipinski definition) is 0. The minimum atomic E-state index is 0.136. The third kappa shape index (κ3) is 3.01. The van der Waals surface area contributed by atoms with Gasteiger partial charge in [0.2, 0.25) is 0 Å². The molecule has 1 aromatic heterocycles. The highest BCUT2D eigenvalue weighted by Crippen LogP contribution is 2.01. The number of ketones is 1. The molecule has 0 radical (unpaired) electrons. The molecule has 0 aliphatic rings. The fourth-order valence-electron chi connectivity index (χ4n) is 1.10. The summed E-state index contributed by atoms with van der Waals surface area (Å²) in [5, 5.41) is 4.21. The molecule has 1 heterocycles. The molecular weight excluding hydrogens is 164 g/mol. The van der Waals surface area contributed by atoms with Crippen molar-refractivity contribution in [2.75, 3.05) is 0 Å². The Morgan fingerprint density at radius 3 is 2.77 bits per heavy atom. The molecule has 3 nitrogen and oxygen atoms in total. The summed E-state index contributed by atoms with van der Waals surface area (Å²) < 4.78 is 1.82. The Bertz CT molecular complexity index is 289. The number of rotatable bonds is 4. The number of aryl methyl sites for hydroxylation is 2. The second kappa shape index (κ2) is 4.21. The number of nitrogens with zero attached hydrogens (tertiary/aromatic N) is 2. The van der Waals surface area contributed by atoms with Gasteiger partial charge in [-0.1, -0.05) is 13.8 Å². The SMILES string of the molecule is Cc1ccn(CCC(=O)C(C)C)n1. The van der Waals surface area contributed by atoms with Gasteiger partial charge >= 0.3 is 0 Å². The lowest BCUT2D eigenvalue weighted by Gasteiger charge is -2.03. The average Bonchev–Trinajstić information content (AvgIpc) is 2.47. The number of Topliss-reactive ketones (excluding diaryl/α,β-unsaturated/α-hetero) is 1. The topological polar surface area (TPSA) is 34.9 Å². The van der Waals surface area contributed by atoms with E-state index in [-0.39, 0.29) is 5.92 Å². The second-order valence-electron chi connectivity index (χ2n) is 3.59. The summed E-state index contributed by atoms with van der Waals surface area (Å²) in [6, 6.07) is 1.94. The van der Waals surface area contributed by atoms with Crippen LogP contribution in [0.1, 0.15) is 26.0 Å². The number of aromatic nitrogens is 2. The molecule has 0 unspecified atom stereocenters. The Balaban J connectivity index is 2.39. The highest BCUT2D eigenvalue weighted by Gasteiger charge is 2.06. The van der Waals surface area contributed by atoms with Crippen molar-refractivity contribution in [1.82, 2.24) is 9.78 Å². The lowest BCUT2D eigenvalue weighted by atomic mass is 10.1. The Morgan fingerprint density at radius 2 is 2.31 bits per heavy atom. The number of carbonyl (C=O) groups excluding carboxylic acids is 1. The summed E-state index contributed by atoms with van der Waals surface area (Å²) in [4.78, 5) is 11.3. The Hall–Kier alpha value is -1.12. The third-order valence-corrected chi connectivity index (χ3v) is 2.01. The van der Waals surface area contributed by atoms with E-state index in [0.717, 1.165) is 5.69 Å². The zero-order valence-electron chi connectivity index (χ0n) is 8.45. The van der Waals surface area contributed by atoms with Crippen molar-refractivity contribution in [3.8, 4) is 0 Å². The van der Waals surface area contributed by atoms with Crippen molar-refractivity contribution in [2.24, 2.45) is 5.92 Å². The molecule has 0 amide bonds. The summed E-state index contributed by atoms with van der Waals surface area (Å²) in [6.07, 6.45) is 2.49. The zero-order valence-corrected chi connectivity index (χ0v) is 8.45. The normalized spacial score (nSPS) is 10.8. The first-order valence-electron chi connectivity index (χ1n) is 4.62. The molecular formula is C10H16N2O. The number of carbonyl (C=O) groups is 1. The van der Waals surface area contributed by atoms with Gasteiger partial charge in [-0.05, 0) is 13.0 Å². The maximum Gasteiger partial charge on any atom is 0.137 e. The maximum atomic E-state index is 11.3. The summed E-state index contributed by atoms with van der Waals surface area (Å²) in [5.41, 5.74) is 0.997. The van der Waals surface area contributed by atoms with Gasteiger partial charge in [0.25, 0.3) is 0 Å². The maximum absolute atomic E-state index is 11.3. The fraction of sp³-hybridized carbons (Fsp3) is 0.600. The molecule has 72 valence electrons. The van der Waals surface area contributed by atoms with Crippen molar-refractivity contribution in [1.29, 1.82) is 0 Å². The molecule has 3 heteroatoms. The highest BCUT2D eigenvalue weighted by molar-refractivity contribution is 5.80. The van der Waals surface area contributed by atoms with Gasteiger partial charge in [-0.3, -0.25) is 9.48 Å². The van der Waals surface area contributed by atoms with E-state index in [1.54, 1.807) is 0 Å². The quantitative estimate of drug-likeness (QED) is 0.708. The summed E-state index contributed by atoms with van der Waals surface area (Å²) >= 11 is 0. The van der Waals surface area contributed by atoms with Crippen LogP contribution in [0.25, 0.3) is 0 Å². The summed E-state index contributed by atoms with van der Waals surface area (Å²) in [5.74, 6) is 0.435. The van der Waals surface area contributed by atoms with Crippen LogP contribution in [0.3, 0.4) is 0 Å². The van der Waals surface area contributed by atoms with Gasteiger partial charge < -0.3 is 0 Å². The molecule has 13 heavy (non-hydrogen) atoms. The minimum absolute atomic E-state index is 0.136. The van der Waals surface area contributed by atoms with Crippen LogP contribution in [0.4, 0.5) is 0 Å². The zero-order chi connectivity index (χ0) is 9.84. The Morgan fingerprint density at radius 1 is 1.62 bits per heavy atom. The molecule has 0 N–H and O–H groups in total. The van der Waals surface area contributed by atoms with Gasteiger partial charge in [-0.25, -0.2) is 0 Å². The summed E-state index contributed by atoms with van der Waals surface area (Å²) in [6.45, 7) is 6.50. The smallest absolute Gasteiger partial charge is 0.137 e. The highest BCUT2D eigenvalue weighted by atomic mass is 16.1. The molecule has 1 rings (SSSR count). The lowest BCUT2D eigenvalue weighted by Crippen LogP contribution is -2.11.